The third-order valence-corrected chi connectivity index (χ3v) is 0. The van der Waals surface area contributed by atoms with Crippen molar-refractivity contribution in [2.75, 3.05) is 0 Å². The first-order chi connectivity index (χ1) is 2.73. The average molecular weight is 114 g/mol. The van der Waals surface area contributed by atoms with Gasteiger partial charge in [0, 0.05) is 0 Å². The Labute approximate surface area is 65.4 Å². The molecule has 0 amide bonds. The van der Waals surface area contributed by atoms with Crippen LogP contribution in [-0.4, -0.2) is 16.4 Å². The predicted molar refractivity (Wildman–Crippen MR) is 23.0 cm³/mol. The summed E-state index contributed by atoms with van der Waals surface area (Å²) in [5.41, 5.74) is 0. The molecule has 0 aromatic carbocycles. The van der Waals surface area contributed by atoms with E-state index in [1.54, 1.807) is 0 Å². The van der Waals surface area contributed by atoms with Crippen LogP contribution in [0, 0.1) is 0 Å². The van der Waals surface area contributed by atoms with Crippen molar-refractivity contribution in [2.45, 2.75) is 0 Å². The molecular weight excluding hydrogens is 107 g/mol. The summed E-state index contributed by atoms with van der Waals surface area (Å²) in [5, 5.41) is 13.9. The maximum absolute atomic E-state index is 8.56. The van der Waals surface area contributed by atoms with Crippen molar-refractivity contribution in [1.29, 1.82) is 0 Å². The largest absolute Gasteiger partial charge is 1.00 e. The number of carboxylic acid groups (broad SMARTS) is 2. The van der Waals surface area contributed by atoms with Gasteiger partial charge in [-0.2, -0.15) is 0 Å². The van der Waals surface area contributed by atoms with Crippen LogP contribution in [0.2, 0.25) is 0 Å². The molecule has 0 aliphatic rings. The molecule has 0 rings (SSSR count). The van der Waals surface area contributed by atoms with Gasteiger partial charge in [-0.1, -0.05) is 0 Å². The maximum Gasteiger partial charge on any atom is 1.00 e. The van der Waals surface area contributed by atoms with E-state index >= 15 is 0 Å². The van der Waals surface area contributed by atoms with Gasteiger partial charge in [0.1, 0.15) is 0 Å². The zero-order valence-corrected chi connectivity index (χ0v) is 6.22. The van der Waals surface area contributed by atoms with E-state index in [1.807, 2.05) is 0 Å². The first-order valence-corrected chi connectivity index (χ1v) is 1.15. The van der Waals surface area contributed by atoms with Crippen molar-refractivity contribution >= 4 is 6.16 Å². The fourth-order valence-corrected chi connectivity index (χ4v) is 0. The minimum Gasteiger partial charge on any atom is -1.00 e. The molecule has 0 aromatic heterocycles. The molecule has 7 heavy (non-hydrogen) atoms. The second-order valence-corrected chi connectivity index (χ2v) is 0.283. The van der Waals surface area contributed by atoms with Gasteiger partial charge in [-0.25, -0.2) is 4.79 Å². The summed E-state index contributed by atoms with van der Waals surface area (Å²) >= 11 is 0. The van der Waals surface area contributed by atoms with Gasteiger partial charge in [-0.3, -0.25) is 0 Å². The maximum atomic E-state index is 8.56. The molecule has 0 saturated heterocycles. The Morgan fingerprint density at radius 3 is 1.43 bits per heavy atom. The Morgan fingerprint density at radius 2 is 1.43 bits per heavy atom. The fraction of sp³-hybridized carbons (Fsp3) is 0. The van der Waals surface area contributed by atoms with Crippen LogP contribution in [-0.2, 0) is 0 Å². The van der Waals surface area contributed by atoms with Crippen molar-refractivity contribution < 1.29 is 46.0 Å². The molecule has 0 unspecified atom stereocenters. The zero-order valence-electron chi connectivity index (χ0n) is 5.22. The molecule has 0 radical (unpaired) electrons. The Bertz CT molecular complexity index is 45.8. The molecule has 4 heteroatoms. The predicted octanol–water partition coefficient (Wildman–Crippen LogP) is -1.86. The standard InChI is InChI=1S/C2H4.CH2O3.Na.H/c1-2;2-1(3)4;;/h1-2H2;(H2,2,3,4);;/q;;+1;-1. The average Bonchev–Trinajstić information content (AvgIpc) is 1.41. The van der Waals surface area contributed by atoms with Crippen molar-refractivity contribution in [3.8, 4) is 0 Å². The monoisotopic (exact) mass is 114 g/mol. The van der Waals surface area contributed by atoms with Crippen LogP contribution in [0.25, 0.3) is 0 Å². The molecule has 3 nitrogen and oxygen atoms in total. The molecule has 38 valence electrons. The summed E-state index contributed by atoms with van der Waals surface area (Å²) in [6.07, 6.45) is -1.83. The molecule has 0 atom stereocenters. The topological polar surface area (TPSA) is 57.5 Å². The van der Waals surface area contributed by atoms with Gasteiger partial charge in [-0.05, 0) is 0 Å². The van der Waals surface area contributed by atoms with Gasteiger partial charge in [0.15, 0.2) is 0 Å². The van der Waals surface area contributed by atoms with Crippen LogP contribution in [0.5, 0.6) is 0 Å². The van der Waals surface area contributed by atoms with Crippen LogP contribution in [0.3, 0.4) is 0 Å². The van der Waals surface area contributed by atoms with Crippen molar-refractivity contribution in [1.82, 2.24) is 0 Å². The summed E-state index contributed by atoms with van der Waals surface area (Å²) in [5.74, 6) is 0. The second-order valence-electron chi connectivity index (χ2n) is 0.283. The third kappa shape index (κ3) is 966000. The van der Waals surface area contributed by atoms with E-state index in [-0.39, 0.29) is 31.0 Å². The second kappa shape index (κ2) is 16.7. The molecule has 0 saturated carbocycles. The molecule has 0 aliphatic carbocycles. The van der Waals surface area contributed by atoms with E-state index in [2.05, 4.69) is 13.2 Å². The van der Waals surface area contributed by atoms with Crippen LogP contribution < -0.4 is 29.6 Å². The van der Waals surface area contributed by atoms with Gasteiger partial charge in [0.05, 0.1) is 0 Å². The van der Waals surface area contributed by atoms with Gasteiger partial charge >= 0.3 is 35.7 Å². The molecule has 2 N–H and O–H groups in total. The number of carbonyl (C=O) groups is 1. The van der Waals surface area contributed by atoms with E-state index < -0.39 is 6.16 Å². The Hall–Kier alpha value is 0.0100. The zero-order chi connectivity index (χ0) is 5.58. The summed E-state index contributed by atoms with van der Waals surface area (Å²) in [6, 6.07) is 0. The van der Waals surface area contributed by atoms with Crippen LogP contribution >= 0.6 is 0 Å². The van der Waals surface area contributed by atoms with Crippen LogP contribution in [0.15, 0.2) is 13.2 Å². The molecule has 0 aromatic rings. The molecule has 0 heterocycles. The van der Waals surface area contributed by atoms with E-state index in [4.69, 9.17) is 15.0 Å². The number of rotatable bonds is 0. The smallest absolute Gasteiger partial charge is 1.00 e. The summed E-state index contributed by atoms with van der Waals surface area (Å²) in [6.45, 7) is 6.00. The molecule has 0 aliphatic heterocycles. The molecule has 0 spiro atoms. The number of hydrogen-bond donors (Lipinski definition) is 2. The molecule has 0 fully saturated rings. The Morgan fingerprint density at radius 1 is 1.43 bits per heavy atom. The SMILES string of the molecule is C=C.O=C(O)O.[H-].[Na+]. The number of hydrogen-bond acceptors (Lipinski definition) is 1. The minimum atomic E-state index is -1.83. The normalized spacial score (nSPS) is 4.00. The first-order valence-electron chi connectivity index (χ1n) is 1.15. The third-order valence-electron chi connectivity index (χ3n) is 0. The van der Waals surface area contributed by atoms with Crippen molar-refractivity contribution in [2.24, 2.45) is 0 Å². The Balaban J connectivity index is -0.0000000183. The molecule has 0 bridgehead atoms. The van der Waals surface area contributed by atoms with Crippen molar-refractivity contribution in [3.05, 3.63) is 13.2 Å². The Kier molecular flexibility index (Phi) is 37.5. The quantitative estimate of drug-likeness (QED) is 0.287. The minimum absolute atomic E-state index is 0. The van der Waals surface area contributed by atoms with Crippen LogP contribution in [0.1, 0.15) is 1.43 Å². The van der Waals surface area contributed by atoms with Gasteiger partial charge in [0.2, 0.25) is 0 Å². The van der Waals surface area contributed by atoms with Gasteiger partial charge in [-0.15, -0.1) is 13.2 Å². The summed E-state index contributed by atoms with van der Waals surface area (Å²) in [7, 11) is 0. The van der Waals surface area contributed by atoms with E-state index in [0.717, 1.165) is 0 Å². The van der Waals surface area contributed by atoms with Crippen LogP contribution in [0.4, 0.5) is 4.79 Å². The fourth-order valence-electron chi connectivity index (χ4n) is 0. The van der Waals surface area contributed by atoms with E-state index in [9.17, 15) is 0 Å². The van der Waals surface area contributed by atoms with E-state index in [1.165, 1.54) is 0 Å². The van der Waals surface area contributed by atoms with Gasteiger partial charge < -0.3 is 11.6 Å². The van der Waals surface area contributed by atoms with Gasteiger partial charge in [0.25, 0.3) is 0 Å². The first kappa shape index (κ1) is 15.7. The summed E-state index contributed by atoms with van der Waals surface area (Å²) < 4.78 is 0. The van der Waals surface area contributed by atoms with E-state index in [0.29, 0.717) is 0 Å². The molecular formula is C3H7NaO3. The summed E-state index contributed by atoms with van der Waals surface area (Å²) in [4.78, 5) is 8.56. The van der Waals surface area contributed by atoms with Crippen molar-refractivity contribution in [3.63, 3.8) is 0 Å².